The Balaban J connectivity index is 0.00000196. The zero-order valence-corrected chi connectivity index (χ0v) is 9.92. The Morgan fingerprint density at radius 3 is 1.93 bits per heavy atom. The average molecular weight is 254 g/mol. The predicted octanol–water partition coefficient (Wildman–Crippen LogP) is 1.22. The fourth-order valence-electron chi connectivity index (χ4n) is 0.949. The Morgan fingerprint density at radius 2 is 1.53 bits per heavy atom. The van der Waals surface area contributed by atoms with Gasteiger partial charge in [0.2, 0.25) is 0 Å². The summed E-state index contributed by atoms with van der Waals surface area (Å²) >= 11 is 0. The molecule has 1 rings (SSSR count). The van der Waals surface area contributed by atoms with E-state index in [0.29, 0.717) is 4.63 Å². The normalized spacial score (nSPS) is 11.1. The first-order valence-corrected chi connectivity index (χ1v) is 5.25. The highest BCUT2D eigenvalue weighted by Gasteiger charge is 2.24. The van der Waals surface area contributed by atoms with Gasteiger partial charge in [-0.3, -0.25) is 9.68 Å². The SMILES string of the molecule is CON(OC)S(=O)(=O)c1ccccc1.Cl. The number of hydrogen-bond acceptors (Lipinski definition) is 4. The van der Waals surface area contributed by atoms with Crippen molar-refractivity contribution < 1.29 is 18.1 Å². The summed E-state index contributed by atoms with van der Waals surface area (Å²) in [6.45, 7) is 0. The van der Waals surface area contributed by atoms with E-state index in [1.54, 1.807) is 18.2 Å². The summed E-state index contributed by atoms with van der Waals surface area (Å²) in [5.41, 5.74) is 0. The van der Waals surface area contributed by atoms with Gasteiger partial charge in [0.15, 0.2) is 0 Å². The molecule has 0 heterocycles. The summed E-state index contributed by atoms with van der Waals surface area (Å²) < 4.78 is 23.8. The van der Waals surface area contributed by atoms with E-state index >= 15 is 0 Å². The second kappa shape index (κ2) is 6.04. The molecule has 0 radical (unpaired) electrons. The molecule has 0 aliphatic rings. The zero-order chi connectivity index (χ0) is 10.6. The molecule has 0 bridgehead atoms. The zero-order valence-electron chi connectivity index (χ0n) is 8.28. The fourth-order valence-corrected chi connectivity index (χ4v) is 2.02. The third kappa shape index (κ3) is 3.15. The highest BCUT2D eigenvalue weighted by atomic mass is 35.5. The standard InChI is InChI=1S/C8H11NO4S.ClH/c1-12-9(13-2)14(10,11)8-6-4-3-5-7-8;/h3-7H,1-2H3;1H. The van der Waals surface area contributed by atoms with Crippen LogP contribution in [0.25, 0.3) is 0 Å². The van der Waals surface area contributed by atoms with Gasteiger partial charge in [-0.2, -0.15) is 0 Å². The highest BCUT2D eigenvalue weighted by Crippen LogP contribution is 2.14. The quantitative estimate of drug-likeness (QED) is 0.758. The van der Waals surface area contributed by atoms with Crippen LogP contribution in [0.1, 0.15) is 0 Å². The van der Waals surface area contributed by atoms with Crippen LogP contribution in [0.5, 0.6) is 0 Å². The van der Waals surface area contributed by atoms with Gasteiger partial charge in [0.05, 0.1) is 23.7 Å². The van der Waals surface area contributed by atoms with Gasteiger partial charge in [-0.05, 0) is 12.1 Å². The molecule has 0 unspecified atom stereocenters. The summed E-state index contributed by atoms with van der Waals surface area (Å²) in [4.78, 5) is 9.20. The second-order valence-corrected chi connectivity index (χ2v) is 4.10. The molecule has 1 aromatic carbocycles. The van der Waals surface area contributed by atoms with Gasteiger partial charge in [0, 0.05) is 0 Å². The molecule has 5 nitrogen and oxygen atoms in total. The minimum atomic E-state index is -3.71. The van der Waals surface area contributed by atoms with Crippen LogP contribution in [0, 0.1) is 0 Å². The lowest BCUT2D eigenvalue weighted by Crippen LogP contribution is -2.28. The molecule has 15 heavy (non-hydrogen) atoms. The third-order valence-electron chi connectivity index (χ3n) is 1.54. The van der Waals surface area contributed by atoms with Crippen LogP contribution < -0.4 is 0 Å². The van der Waals surface area contributed by atoms with Gasteiger partial charge >= 0.3 is 0 Å². The lowest BCUT2D eigenvalue weighted by atomic mass is 10.4. The van der Waals surface area contributed by atoms with Crippen molar-refractivity contribution in [3.05, 3.63) is 30.3 Å². The van der Waals surface area contributed by atoms with Crippen LogP contribution in [-0.2, 0) is 19.7 Å². The molecule has 0 saturated carbocycles. The number of sulfonamides is 1. The number of halogens is 1. The molecule has 1 aromatic rings. The first-order valence-electron chi connectivity index (χ1n) is 3.81. The number of nitrogens with zero attached hydrogens (tertiary/aromatic N) is 1. The topological polar surface area (TPSA) is 55.8 Å². The molecule has 7 heteroatoms. The summed E-state index contributed by atoms with van der Waals surface area (Å²) in [6.07, 6.45) is 0. The molecular formula is C8H12ClNO4S. The molecule has 0 aromatic heterocycles. The van der Waals surface area contributed by atoms with Crippen molar-refractivity contribution in [2.45, 2.75) is 4.90 Å². The Hall–Kier alpha value is -0.660. The highest BCUT2D eigenvalue weighted by molar-refractivity contribution is 7.88. The van der Waals surface area contributed by atoms with E-state index in [2.05, 4.69) is 9.68 Å². The van der Waals surface area contributed by atoms with Crippen molar-refractivity contribution in [1.29, 1.82) is 0 Å². The molecule has 0 saturated heterocycles. The Kier molecular flexibility index (Phi) is 5.77. The fraction of sp³-hybridized carbons (Fsp3) is 0.250. The monoisotopic (exact) mass is 253 g/mol. The van der Waals surface area contributed by atoms with Gasteiger partial charge < -0.3 is 0 Å². The number of benzene rings is 1. The molecule has 0 aliphatic heterocycles. The van der Waals surface area contributed by atoms with Crippen molar-refractivity contribution in [3.8, 4) is 0 Å². The molecule has 0 aliphatic carbocycles. The first kappa shape index (κ1) is 14.3. The second-order valence-electron chi connectivity index (χ2n) is 2.38. The van der Waals surface area contributed by atoms with E-state index in [1.165, 1.54) is 26.4 Å². The van der Waals surface area contributed by atoms with E-state index in [4.69, 9.17) is 0 Å². The smallest absolute Gasteiger partial charge is 0.264 e. The van der Waals surface area contributed by atoms with Crippen LogP contribution in [0.3, 0.4) is 0 Å². The Morgan fingerprint density at radius 1 is 1.07 bits per heavy atom. The van der Waals surface area contributed by atoms with Crippen molar-refractivity contribution in [2.24, 2.45) is 0 Å². The van der Waals surface area contributed by atoms with Crippen molar-refractivity contribution in [3.63, 3.8) is 0 Å². The molecular weight excluding hydrogens is 242 g/mol. The van der Waals surface area contributed by atoms with Crippen LogP contribution in [0.2, 0.25) is 0 Å². The van der Waals surface area contributed by atoms with E-state index in [-0.39, 0.29) is 17.3 Å². The van der Waals surface area contributed by atoms with E-state index < -0.39 is 10.0 Å². The maximum absolute atomic E-state index is 11.7. The minimum absolute atomic E-state index is 0. The summed E-state index contributed by atoms with van der Waals surface area (Å²) in [6, 6.07) is 7.89. The Labute approximate surface area is 95.0 Å². The first-order chi connectivity index (χ1) is 6.62. The maximum atomic E-state index is 11.7. The summed E-state index contributed by atoms with van der Waals surface area (Å²) in [5.74, 6) is 0. The third-order valence-corrected chi connectivity index (χ3v) is 3.09. The minimum Gasteiger partial charge on any atom is -0.264 e. The lowest BCUT2D eigenvalue weighted by molar-refractivity contribution is -0.270. The molecule has 0 spiro atoms. The van der Waals surface area contributed by atoms with Gasteiger partial charge in [-0.1, -0.05) is 18.2 Å². The largest absolute Gasteiger partial charge is 0.288 e. The van der Waals surface area contributed by atoms with Crippen LogP contribution in [-0.4, -0.2) is 27.3 Å². The number of hydrogen-bond donors (Lipinski definition) is 0. The summed E-state index contributed by atoms with van der Waals surface area (Å²) in [7, 11) is -1.29. The molecule has 0 amide bonds. The van der Waals surface area contributed by atoms with Crippen molar-refractivity contribution in [2.75, 3.05) is 14.2 Å². The van der Waals surface area contributed by atoms with Gasteiger partial charge in [-0.25, -0.2) is 8.42 Å². The van der Waals surface area contributed by atoms with E-state index in [9.17, 15) is 8.42 Å². The molecule has 0 atom stereocenters. The van der Waals surface area contributed by atoms with Gasteiger partial charge in [0.1, 0.15) is 0 Å². The Bertz CT molecular complexity index is 377. The van der Waals surface area contributed by atoms with Gasteiger partial charge in [-0.15, -0.1) is 12.4 Å². The van der Waals surface area contributed by atoms with Crippen LogP contribution >= 0.6 is 12.4 Å². The van der Waals surface area contributed by atoms with Crippen molar-refractivity contribution in [1.82, 2.24) is 4.63 Å². The van der Waals surface area contributed by atoms with E-state index in [1.807, 2.05) is 0 Å². The van der Waals surface area contributed by atoms with Crippen LogP contribution in [0.15, 0.2) is 35.2 Å². The van der Waals surface area contributed by atoms with E-state index in [0.717, 1.165) is 0 Å². The maximum Gasteiger partial charge on any atom is 0.288 e. The molecule has 0 fully saturated rings. The van der Waals surface area contributed by atoms with Crippen molar-refractivity contribution >= 4 is 22.4 Å². The number of rotatable bonds is 4. The van der Waals surface area contributed by atoms with Gasteiger partial charge in [0.25, 0.3) is 10.0 Å². The average Bonchev–Trinajstić information content (AvgIpc) is 2.20. The predicted molar refractivity (Wildman–Crippen MR) is 56.7 cm³/mol. The lowest BCUT2D eigenvalue weighted by Gasteiger charge is -2.15. The summed E-state index contributed by atoms with van der Waals surface area (Å²) in [5, 5.41) is 0. The molecule has 86 valence electrons. The molecule has 0 N–H and O–H groups in total. The van der Waals surface area contributed by atoms with Crippen LogP contribution in [0.4, 0.5) is 0 Å².